The molecular formula is C29H31N5O3. The summed E-state index contributed by atoms with van der Waals surface area (Å²) in [6, 6.07) is 17.3. The van der Waals surface area contributed by atoms with Crippen LogP contribution in [0.3, 0.4) is 0 Å². The van der Waals surface area contributed by atoms with Crippen LogP contribution < -0.4 is 21.1 Å². The van der Waals surface area contributed by atoms with Crippen LogP contribution in [0, 0.1) is 11.8 Å². The van der Waals surface area contributed by atoms with Crippen LogP contribution in [0.25, 0.3) is 0 Å². The van der Waals surface area contributed by atoms with Crippen molar-refractivity contribution in [3.05, 3.63) is 88.1 Å². The molecule has 3 aliphatic heterocycles. The molecule has 4 unspecified atom stereocenters. The maximum atomic E-state index is 13.8. The van der Waals surface area contributed by atoms with Gasteiger partial charge in [0.05, 0.1) is 5.92 Å². The number of hydrogen-bond donors (Lipinski definition) is 2. The van der Waals surface area contributed by atoms with Crippen molar-refractivity contribution in [1.82, 2.24) is 14.9 Å². The maximum absolute atomic E-state index is 13.8. The fraction of sp³-hybridized carbons (Fsp3) is 0.379. The summed E-state index contributed by atoms with van der Waals surface area (Å²) in [5.74, 6) is 0.0535. The first-order chi connectivity index (χ1) is 18.0. The molecule has 3 aromatic rings. The Labute approximate surface area is 215 Å². The summed E-state index contributed by atoms with van der Waals surface area (Å²) in [5, 5.41) is 6.06. The van der Waals surface area contributed by atoms with E-state index in [1.54, 1.807) is 12.3 Å². The van der Waals surface area contributed by atoms with Gasteiger partial charge in [0.1, 0.15) is 0 Å². The summed E-state index contributed by atoms with van der Waals surface area (Å²) >= 11 is 0. The third-order valence-corrected chi connectivity index (χ3v) is 8.02. The number of nitrogens with one attached hydrogen (secondary N) is 2. The molecule has 6 rings (SSSR count). The highest BCUT2D eigenvalue weighted by molar-refractivity contribution is 5.89. The number of carbonyl (C=O) groups excluding carboxylic acids is 2. The maximum Gasteiger partial charge on any atom is 0.250 e. The highest BCUT2D eigenvalue weighted by Gasteiger charge is 2.49. The van der Waals surface area contributed by atoms with E-state index in [0.29, 0.717) is 31.8 Å². The molecule has 37 heavy (non-hydrogen) atoms. The lowest BCUT2D eigenvalue weighted by Gasteiger charge is -2.54. The van der Waals surface area contributed by atoms with E-state index in [2.05, 4.69) is 32.7 Å². The van der Waals surface area contributed by atoms with Gasteiger partial charge in [-0.15, -0.1) is 0 Å². The molecule has 5 heterocycles. The van der Waals surface area contributed by atoms with Crippen LogP contribution >= 0.6 is 0 Å². The number of carbonyl (C=O) groups is 2. The molecule has 8 heteroatoms. The normalized spacial score (nSPS) is 23.3. The number of nitrogens with zero attached hydrogens (tertiary/aromatic N) is 3. The van der Waals surface area contributed by atoms with Crippen molar-refractivity contribution in [2.24, 2.45) is 11.8 Å². The smallest absolute Gasteiger partial charge is 0.250 e. The van der Waals surface area contributed by atoms with Crippen LogP contribution in [0.15, 0.2) is 65.6 Å². The molecule has 2 N–H and O–H groups in total. The van der Waals surface area contributed by atoms with Crippen LogP contribution in [-0.2, 0) is 29.0 Å². The van der Waals surface area contributed by atoms with Gasteiger partial charge in [-0.2, -0.15) is 0 Å². The van der Waals surface area contributed by atoms with Gasteiger partial charge >= 0.3 is 0 Å². The standard InChI is InChI=1S/C29H31N5O3/c1-18(35)32-22-8-9-25-20(14-22)15-24(29(37)31-12-10-21-5-2-3-11-30-21)28-23-13-19(17-34(25)28)16-33-26(23)6-4-7-27(33)36/h2-9,11,14,19,23-24,28H,10,12-13,15-17H2,1H3,(H,31,37)(H,32,35). The average Bonchev–Trinajstić information content (AvgIpc) is 2.89. The van der Waals surface area contributed by atoms with Crippen LogP contribution in [0.5, 0.6) is 0 Å². The monoisotopic (exact) mass is 497 g/mol. The number of amides is 2. The number of benzene rings is 1. The van der Waals surface area contributed by atoms with Gasteiger partial charge in [0.2, 0.25) is 11.8 Å². The fourth-order valence-electron chi connectivity index (χ4n) is 6.59. The van der Waals surface area contributed by atoms with E-state index in [-0.39, 0.29) is 35.3 Å². The van der Waals surface area contributed by atoms with Crippen molar-refractivity contribution >= 4 is 23.2 Å². The molecule has 0 spiro atoms. The second kappa shape index (κ2) is 9.50. The van der Waals surface area contributed by atoms with Gasteiger partial charge in [-0.05, 0) is 60.7 Å². The van der Waals surface area contributed by atoms with Gasteiger partial charge in [-0.3, -0.25) is 19.4 Å². The van der Waals surface area contributed by atoms with Crippen molar-refractivity contribution in [2.75, 3.05) is 23.3 Å². The van der Waals surface area contributed by atoms with Crippen molar-refractivity contribution in [3.8, 4) is 0 Å². The Balaban J connectivity index is 1.34. The minimum atomic E-state index is -0.281. The molecule has 0 aliphatic carbocycles. The lowest BCUT2D eigenvalue weighted by molar-refractivity contribution is -0.126. The number of rotatable bonds is 5. The molecule has 1 aromatic carbocycles. The first kappa shape index (κ1) is 23.5. The number of anilines is 2. The zero-order chi connectivity index (χ0) is 25.5. The van der Waals surface area contributed by atoms with Gasteiger partial charge in [0.25, 0.3) is 5.56 Å². The predicted octanol–water partition coefficient (Wildman–Crippen LogP) is 2.73. The van der Waals surface area contributed by atoms with Crippen molar-refractivity contribution in [2.45, 2.75) is 44.7 Å². The van der Waals surface area contributed by atoms with E-state index in [1.807, 2.05) is 41.0 Å². The molecule has 0 radical (unpaired) electrons. The van der Waals surface area contributed by atoms with Gasteiger partial charge in [0.15, 0.2) is 0 Å². The Morgan fingerprint density at radius 2 is 1.97 bits per heavy atom. The highest BCUT2D eigenvalue weighted by Crippen LogP contribution is 2.48. The second-order valence-electron chi connectivity index (χ2n) is 10.4. The van der Waals surface area contributed by atoms with Crippen LogP contribution in [0.4, 0.5) is 11.4 Å². The molecule has 2 amide bonds. The third kappa shape index (κ3) is 4.41. The molecular weight excluding hydrogens is 466 g/mol. The molecule has 3 aliphatic rings. The topological polar surface area (TPSA) is 96.3 Å². The van der Waals surface area contributed by atoms with Gasteiger partial charge < -0.3 is 20.1 Å². The summed E-state index contributed by atoms with van der Waals surface area (Å²) in [5.41, 5.74) is 4.94. The van der Waals surface area contributed by atoms with E-state index in [9.17, 15) is 14.4 Å². The highest BCUT2D eigenvalue weighted by atomic mass is 16.2. The quantitative estimate of drug-likeness (QED) is 0.565. The molecule has 1 saturated heterocycles. The molecule has 2 aromatic heterocycles. The Bertz CT molecular complexity index is 1400. The fourth-order valence-corrected chi connectivity index (χ4v) is 6.59. The Kier molecular flexibility index (Phi) is 6.02. The Morgan fingerprint density at radius 3 is 2.78 bits per heavy atom. The summed E-state index contributed by atoms with van der Waals surface area (Å²) in [4.78, 5) is 44.9. The number of hydrogen-bond acceptors (Lipinski definition) is 5. The van der Waals surface area contributed by atoms with Gasteiger partial charge in [0, 0.05) is 80.0 Å². The third-order valence-electron chi connectivity index (χ3n) is 8.02. The summed E-state index contributed by atoms with van der Waals surface area (Å²) < 4.78 is 1.92. The SMILES string of the molecule is CC(=O)Nc1ccc2c(c1)CC(C(=O)NCCc1ccccn1)C1C3CC(CN21)Cn1c3cccc1=O. The molecule has 1 fully saturated rings. The van der Waals surface area contributed by atoms with Crippen molar-refractivity contribution in [1.29, 1.82) is 0 Å². The molecule has 2 bridgehead atoms. The zero-order valence-electron chi connectivity index (χ0n) is 20.9. The lowest BCUT2D eigenvalue weighted by atomic mass is 9.69. The number of fused-ring (bicyclic) bond motifs is 8. The minimum Gasteiger partial charge on any atom is -0.366 e. The number of pyridine rings is 2. The van der Waals surface area contributed by atoms with Crippen LogP contribution in [-0.4, -0.2) is 40.5 Å². The van der Waals surface area contributed by atoms with E-state index >= 15 is 0 Å². The van der Waals surface area contributed by atoms with E-state index in [0.717, 1.165) is 41.3 Å². The Hall–Kier alpha value is -3.94. The summed E-state index contributed by atoms with van der Waals surface area (Å²) in [6.07, 6.45) is 3.99. The first-order valence-electron chi connectivity index (χ1n) is 13.0. The van der Waals surface area contributed by atoms with E-state index in [4.69, 9.17) is 0 Å². The molecule has 190 valence electrons. The van der Waals surface area contributed by atoms with E-state index in [1.165, 1.54) is 6.92 Å². The molecule has 8 nitrogen and oxygen atoms in total. The van der Waals surface area contributed by atoms with Crippen LogP contribution in [0.1, 0.15) is 36.2 Å². The first-order valence-corrected chi connectivity index (χ1v) is 13.0. The van der Waals surface area contributed by atoms with Crippen LogP contribution in [0.2, 0.25) is 0 Å². The van der Waals surface area contributed by atoms with E-state index < -0.39 is 0 Å². The predicted molar refractivity (Wildman–Crippen MR) is 142 cm³/mol. The summed E-state index contributed by atoms with van der Waals surface area (Å²) in [7, 11) is 0. The Morgan fingerprint density at radius 1 is 1.08 bits per heavy atom. The van der Waals surface area contributed by atoms with Gasteiger partial charge in [-0.1, -0.05) is 12.1 Å². The summed E-state index contributed by atoms with van der Waals surface area (Å²) in [6.45, 7) is 3.51. The lowest BCUT2D eigenvalue weighted by Crippen LogP contribution is -2.60. The molecule has 0 saturated carbocycles. The number of aromatic nitrogens is 2. The second-order valence-corrected chi connectivity index (χ2v) is 10.4. The zero-order valence-corrected chi connectivity index (χ0v) is 20.9. The largest absolute Gasteiger partial charge is 0.366 e. The minimum absolute atomic E-state index is 0.0235. The average molecular weight is 498 g/mol. The molecule has 4 atom stereocenters. The number of piperidine rings is 1. The van der Waals surface area contributed by atoms with Crippen molar-refractivity contribution in [3.63, 3.8) is 0 Å². The van der Waals surface area contributed by atoms with Crippen molar-refractivity contribution < 1.29 is 9.59 Å². The van der Waals surface area contributed by atoms with Gasteiger partial charge in [-0.25, -0.2) is 0 Å².